The highest BCUT2D eigenvalue weighted by atomic mass is 32.2. The molecule has 66 heavy (non-hydrogen) atoms. The number of aromatic nitrogens is 12. The predicted octanol–water partition coefficient (Wildman–Crippen LogP) is 10.0. The van der Waals surface area contributed by atoms with E-state index in [1.807, 2.05) is 69.1 Å². The molecule has 0 radical (unpaired) electrons. The highest BCUT2D eigenvalue weighted by Gasteiger charge is 2.22. The van der Waals surface area contributed by atoms with Crippen LogP contribution >= 0.6 is 34.8 Å². The van der Waals surface area contributed by atoms with Crippen molar-refractivity contribution in [2.24, 2.45) is 0 Å². The van der Waals surface area contributed by atoms with E-state index >= 15 is 0 Å². The maximum atomic E-state index is 12.1. The van der Waals surface area contributed by atoms with E-state index in [-0.39, 0.29) is 5.16 Å². The third kappa shape index (κ3) is 12.1. The smallest absolute Gasteiger partial charge is 0.247 e. The zero-order valence-corrected chi connectivity index (χ0v) is 44.8. The van der Waals surface area contributed by atoms with Crippen molar-refractivity contribution < 1.29 is 17.9 Å². The Morgan fingerprint density at radius 3 is 1.50 bits per heavy atom. The van der Waals surface area contributed by atoms with Crippen molar-refractivity contribution in [3.8, 4) is 43.9 Å². The Balaban J connectivity index is 0.000000197. The lowest BCUT2D eigenvalue weighted by Gasteiger charge is -2.15. The lowest BCUT2D eigenvalue weighted by Crippen LogP contribution is -2.22. The van der Waals surface area contributed by atoms with Crippen LogP contribution in [0.5, 0.6) is 0 Å². The fourth-order valence-electron chi connectivity index (χ4n) is 6.70. The second-order valence-corrected chi connectivity index (χ2v) is 33.9. The molecule has 16 nitrogen and oxygen atoms in total. The largest absolute Gasteiger partial charge is 0.361 e. The molecule has 0 fully saturated rings. The normalized spacial score (nSPS) is 12.3. The summed E-state index contributed by atoms with van der Waals surface area (Å²) in [4.78, 5) is 36.4. The third-order valence-electron chi connectivity index (χ3n) is 10.3. The first-order valence-electron chi connectivity index (χ1n) is 21.4. The molecule has 0 unspecified atom stereocenters. The Labute approximate surface area is 400 Å². The molecule has 0 aromatic carbocycles. The molecule has 0 bridgehead atoms. The van der Waals surface area contributed by atoms with E-state index < -0.39 is 26.0 Å². The summed E-state index contributed by atoms with van der Waals surface area (Å²) in [6.07, 6.45) is 10.5. The quantitative estimate of drug-likeness (QED) is 0.0384. The number of thioether (sulfide) groups is 1. The lowest BCUT2D eigenvalue weighted by molar-refractivity contribution is 0.0898. The molecule has 8 heterocycles. The summed E-state index contributed by atoms with van der Waals surface area (Å²) in [6.45, 7) is 23.9. The number of rotatable bonds is 16. The van der Waals surface area contributed by atoms with Crippen molar-refractivity contribution in [1.29, 1.82) is 0 Å². The van der Waals surface area contributed by atoms with Gasteiger partial charge >= 0.3 is 0 Å². The topological polar surface area (TPSA) is 191 Å². The Morgan fingerprint density at radius 1 is 0.636 bits per heavy atom. The van der Waals surface area contributed by atoms with Gasteiger partial charge in [0.15, 0.2) is 15.2 Å². The van der Waals surface area contributed by atoms with Crippen LogP contribution in [-0.2, 0) is 32.8 Å². The Bertz CT molecular complexity index is 3120. The number of aryl methyl sites for hydroxylation is 4. The zero-order valence-electron chi connectivity index (χ0n) is 39.5. The number of hydrogen-bond acceptors (Lipinski definition) is 17. The van der Waals surface area contributed by atoms with Crippen LogP contribution < -0.4 is 0 Å². The van der Waals surface area contributed by atoms with Gasteiger partial charge in [-0.3, -0.25) is 0 Å². The summed E-state index contributed by atoms with van der Waals surface area (Å²) in [5, 5.41) is 4.01. The van der Waals surface area contributed by atoms with Gasteiger partial charge in [0.05, 0.1) is 11.4 Å². The molecule has 0 amide bonds. The van der Waals surface area contributed by atoms with E-state index in [1.54, 1.807) is 11.8 Å². The Kier molecular flexibility index (Phi) is 15.1. The van der Waals surface area contributed by atoms with Crippen molar-refractivity contribution in [3.63, 3.8) is 0 Å². The number of hydrogen-bond donors (Lipinski definition) is 0. The lowest BCUT2D eigenvalue weighted by atomic mass is 10.1. The number of pyridine rings is 2. The maximum absolute atomic E-state index is 12.1. The average molecular weight is 1000 g/mol. The van der Waals surface area contributed by atoms with Gasteiger partial charge < -0.3 is 18.6 Å². The summed E-state index contributed by atoms with van der Waals surface area (Å²) in [7, 11) is -5.91. The van der Waals surface area contributed by atoms with Crippen LogP contribution in [0.2, 0.25) is 51.4 Å². The van der Waals surface area contributed by atoms with Gasteiger partial charge in [-0.05, 0) is 104 Å². The van der Waals surface area contributed by atoms with Gasteiger partial charge in [0, 0.05) is 82.3 Å². The molecule has 0 saturated carbocycles. The van der Waals surface area contributed by atoms with Crippen LogP contribution in [0.1, 0.15) is 22.8 Å². The molecule has 0 aliphatic carbocycles. The first kappa shape index (κ1) is 49.2. The second-order valence-electron chi connectivity index (χ2n) is 18.5. The van der Waals surface area contributed by atoms with Crippen LogP contribution in [0, 0.1) is 27.7 Å². The number of nitrogens with zero attached hydrogens (tertiary/aromatic N) is 12. The maximum Gasteiger partial charge on any atom is 0.247 e. The minimum atomic E-state index is -3.55. The number of sulfone groups is 1. The zero-order chi connectivity index (χ0) is 47.6. The van der Waals surface area contributed by atoms with Gasteiger partial charge in [-0.1, -0.05) is 51.0 Å². The highest BCUT2D eigenvalue weighted by molar-refractivity contribution is 7.98. The molecule has 8 aromatic rings. The molecule has 0 N–H and O–H groups in total. The first-order valence-corrected chi connectivity index (χ1v) is 33.4. The van der Waals surface area contributed by atoms with Crippen LogP contribution in [0.4, 0.5) is 0 Å². The SMILES string of the molecule is CSc1ncc(C)c(-c2cn(COCC[Si](C)(C)C)c3nc(-c4nc(C)ns4)ccc23)n1.Cc1nsc(-c2ccc3c(-c4nc(S(C)(=O)=O)ncc4C)cn(COCC[Si](C)(C)C)c3n2)n1. The van der Waals surface area contributed by atoms with Crippen LogP contribution in [0.3, 0.4) is 0 Å². The fourth-order valence-corrected chi connectivity index (χ4v) is 10.3. The van der Waals surface area contributed by atoms with Crippen LogP contribution in [-0.4, -0.2) is 108 Å². The van der Waals surface area contributed by atoms with Gasteiger partial charge in [0.2, 0.25) is 15.0 Å². The molecule has 0 saturated heterocycles. The summed E-state index contributed by atoms with van der Waals surface area (Å²) in [5.74, 6) is 1.47. The van der Waals surface area contributed by atoms with E-state index in [2.05, 4.69) is 89.8 Å². The van der Waals surface area contributed by atoms with Crippen molar-refractivity contribution >= 4 is 82.9 Å². The Hall–Kier alpha value is -4.69. The molecular weight excluding hydrogens is 945 g/mol. The van der Waals surface area contributed by atoms with Crippen molar-refractivity contribution in [2.75, 3.05) is 25.7 Å². The summed E-state index contributed by atoms with van der Waals surface area (Å²) >= 11 is 4.21. The number of ether oxygens (including phenoxy) is 2. The summed E-state index contributed by atoms with van der Waals surface area (Å²) in [5.41, 5.74) is 8.23. The summed E-state index contributed by atoms with van der Waals surface area (Å²) in [6, 6.07) is 10.2. The fraction of sp³-hybridized carbons (Fsp3) is 0.409. The van der Waals surface area contributed by atoms with E-state index in [0.717, 1.165) is 102 Å². The van der Waals surface area contributed by atoms with E-state index in [0.29, 0.717) is 37.2 Å². The molecule has 0 aliphatic heterocycles. The van der Waals surface area contributed by atoms with Crippen LogP contribution in [0.15, 0.2) is 59.4 Å². The standard InChI is InChI=1S/C22H28N6O3S2Si.C22H28N6OS2Si/c1-14-11-23-22(33(3,29)30)26-19(14)17-12-28(13-31-9-10-34(4,5)6)20-16(17)7-8-18(25-20)21-24-15(2)27-32-21;1-14-11-23-22(30-3)26-19(14)17-12-28(13-29-9-10-32(4,5)6)20-16(17)7-8-18(25-20)21-24-15(2)27-31-21/h7-8,11-12H,9-10,13H2,1-6H3;7-8,11-12H,9-10,13H2,1-6H3. The second kappa shape index (κ2) is 20.3. The molecule has 8 rings (SSSR count). The minimum absolute atomic E-state index is 0.200. The van der Waals surface area contributed by atoms with Crippen molar-refractivity contribution in [2.45, 2.75) is 103 Å². The van der Waals surface area contributed by atoms with E-state index in [9.17, 15) is 8.42 Å². The van der Waals surface area contributed by atoms with Gasteiger partial charge in [0.1, 0.15) is 47.8 Å². The third-order valence-corrected chi connectivity index (χ3v) is 16.8. The highest BCUT2D eigenvalue weighted by Crippen LogP contribution is 2.35. The van der Waals surface area contributed by atoms with Gasteiger partial charge in [0.25, 0.3) is 0 Å². The van der Waals surface area contributed by atoms with Gasteiger partial charge in [-0.25, -0.2) is 48.3 Å². The van der Waals surface area contributed by atoms with Gasteiger partial charge in [-0.2, -0.15) is 8.75 Å². The van der Waals surface area contributed by atoms with Crippen LogP contribution in [0.25, 0.3) is 66.0 Å². The molecule has 8 aromatic heterocycles. The van der Waals surface area contributed by atoms with E-state index in [4.69, 9.17) is 24.4 Å². The molecule has 22 heteroatoms. The average Bonchev–Trinajstić information content (AvgIpc) is 4.06. The van der Waals surface area contributed by atoms with Crippen molar-refractivity contribution in [3.05, 3.63) is 71.8 Å². The van der Waals surface area contributed by atoms with Gasteiger partial charge in [-0.15, -0.1) is 0 Å². The monoisotopic (exact) mass is 1000 g/mol. The minimum Gasteiger partial charge on any atom is -0.361 e. The molecular formula is C44H56N12O4S4Si2. The predicted molar refractivity (Wildman–Crippen MR) is 271 cm³/mol. The number of fused-ring (bicyclic) bond motifs is 2. The molecule has 0 aliphatic rings. The molecule has 348 valence electrons. The first-order chi connectivity index (χ1) is 31.2. The van der Waals surface area contributed by atoms with E-state index in [1.165, 1.54) is 29.3 Å². The molecule has 0 atom stereocenters. The Morgan fingerprint density at radius 2 is 1.09 bits per heavy atom. The molecule has 0 spiro atoms. The van der Waals surface area contributed by atoms with Crippen molar-refractivity contribution in [1.82, 2.24) is 57.8 Å². The summed E-state index contributed by atoms with van der Waals surface area (Å²) < 4.78 is 48.8.